The molecular weight excluding hydrogens is 340 g/mol. The van der Waals surface area contributed by atoms with Crippen LogP contribution in [0.25, 0.3) is 0 Å². The summed E-state index contributed by atoms with van der Waals surface area (Å²) in [5.41, 5.74) is 4.50. The van der Waals surface area contributed by atoms with Gasteiger partial charge in [-0.1, -0.05) is 34.9 Å². The first-order valence-corrected chi connectivity index (χ1v) is 9.48. The van der Waals surface area contributed by atoms with Crippen LogP contribution >= 0.6 is 0 Å². The van der Waals surface area contributed by atoms with Crippen molar-refractivity contribution in [2.24, 2.45) is 0 Å². The Hall–Kier alpha value is -2.49. The summed E-state index contributed by atoms with van der Waals surface area (Å²) in [6.07, 6.45) is 11.0. The van der Waals surface area contributed by atoms with Gasteiger partial charge in [0.25, 0.3) is 0 Å². The van der Waals surface area contributed by atoms with Crippen LogP contribution in [0, 0.1) is 0 Å². The fourth-order valence-electron chi connectivity index (χ4n) is 3.09. The zero-order chi connectivity index (χ0) is 20.0. The highest BCUT2D eigenvalue weighted by atomic mass is 16.5. The average Bonchev–Trinajstić information content (AvgIpc) is 2.95. The van der Waals surface area contributed by atoms with Gasteiger partial charge in [0.1, 0.15) is 22.8 Å². The second-order valence-corrected chi connectivity index (χ2v) is 7.47. The van der Waals surface area contributed by atoms with Crippen molar-refractivity contribution in [3.8, 4) is 17.2 Å². The van der Waals surface area contributed by atoms with Crippen molar-refractivity contribution in [1.29, 1.82) is 0 Å². The molecule has 1 aliphatic rings. The predicted molar refractivity (Wildman–Crippen MR) is 109 cm³/mol. The van der Waals surface area contributed by atoms with E-state index in [9.17, 15) is 15.0 Å². The van der Waals surface area contributed by atoms with Crippen LogP contribution in [0.3, 0.4) is 0 Å². The molecule has 1 aromatic rings. The summed E-state index contributed by atoms with van der Waals surface area (Å²) < 4.78 is 5.17. The Morgan fingerprint density at radius 1 is 1.04 bits per heavy atom. The number of aromatic hydroxyl groups is 2. The van der Waals surface area contributed by atoms with Crippen LogP contribution in [0.15, 0.2) is 41.0 Å². The number of carbonyl (C=O) groups excluding carboxylic acids is 1. The molecule has 2 N–H and O–H groups in total. The van der Waals surface area contributed by atoms with Gasteiger partial charge in [-0.3, -0.25) is 4.79 Å². The van der Waals surface area contributed by atoms with Crippen LogP contribution < -0.4 is 4.74 Å². The molecule has 1 heterocycles. The maximum Gasteiger partial charge on any atom is 0.207 e. The number of allylic oxidation sites excluding steroid dienone is 6. The molecule has 0 atom stereocenters. The van der Waals surface area contributed by atoms with Crippen LogP contribution in [0.2, 0.25) is 0 Å². The number of hydrogen-bond donors (Lipinski definition) is 2. The first kappa shape index (κ1) is 20.8. The fraction of sp³-hybridized carbons (Fsp3) is 0.435. The first-order valence-electron chi connectivity index (χ1n) is 9.48. The molecule has 0 saturated carbocycles. The second-order valence-electron chi connectivity index (χ2n) is 7.47. The topological polar surface area (TPSA) is 66.8 Å². The third-order valence-corrected chi connectivity index (χ3v) is 4.76. The molecule has 0 aliphatic carbocycles. The highest BCUT2D eigenvalue weighted by Gasteiger charge is 2.28. The number of rotatable bonds is 8. The van der Waals surface area contributed by atoms with E-state index in [4.69, 9.17) is 4.74 Å². The van der Waals surface area contributed by atoms with Gasteiger partial charge in [0.05, 0.1) is 0 Å². The molecule has 0 unspecified atom stereocenters. The predicted octanol–water partition coefficient (Wildman–Crippen LogP) is 5.63. The van der Waals surface area contributed by atoms with Crippen molar-refractivity contribution in [1.82, 2.24) is 0 Å². The average molecular weight is 370 g/mol. The maximum atomic E-state index is 11.8. The number of ketones is 1. The normalized spacial score (nSPS) is 14.1. The van der Waals surface area contributed by atoms with Crippen LogP contribution in [0.1, 0.15) is 69.3 Å². The van der Waals surface area contributed by atoms with Gasteiger partial charge in [0.15, 0.2) is 6.61 Å². The van der Waals surface area contributed by atoms with Gasteiger partial charge in [0, 0.05) is 11.6 Å². The van der Waals surface area contributed by atoms with Gasteiger partial charge >= 0.3 is 0 Å². The molecule has 1 aromatic carbocycles. The Bertz CT molecular complexity index is 793. The van der Waals surface area contributed by atoms with E-state index in [0.717, 1.165) is 25.7 Å². The van der Waals surface area contributed by atoms with E-state index in [1.165, 1.54) is 22.8 Å². The van der Waals surface area contributed by atoms with E-state index in [-0.39, 0.29) is 35.2 Å². The standard InChI is InChI=1S/C23H30O4/c1-15(2)7-5-8-16(3)9-6-10-17(4)11-12-18-19(24)13-21-22(23(18)26)20(25)14-27-21/h7,9,11,13,24,26H,5-6,8,10,12,14H2,1-4H3/b16-9+,17-11-. The molecule has 1 aliphatic heterocycles. The molecule has 0 amide bonds. The molecule has 146 valence electrons. The zero-order valence-electron chi connectivity index (χ0n) is 16.8. The van der Waals surface area contributed by atoms with Crippen molar-refractivity contribution in [3.63, 3.8) is 0 Å². The van der Waals surface area contributed by atoms with Crippen molar-refractivity contribution < 1.29 is 19.7 Å². The SMILES string of the molecule is CC(C)=CCC/C(C)=C/CC/C(C)=C\Cc1c(O)cc2c(c1O)C(=O)CO2. The molecule has 0 spiro atoms. The highest BCUT2D eigenvalue weighted by Crippen LogP contribution is 2.41. The van der Waals surface area contributed by atoms with Crippen molar-refractivity contribution in [3.05, 3.63) is 52.1 Å². The van der Waals surface area contributed by atoms with Gasteiger partial charge in [-0.2, -0.15) is 0 Å². The van der Waals surface area contributed by atoms with E-state index in [1.54, 1.807) is 0 Å². The Morgan fingerprint density at radius 2 is 1.67 bits per heavy atom. The summed E-state index contributed by atoms with van der Waals surface area (Å²) in [6, 6.07) is 1.41. The Balaban J connectivity index is 1.94. The quantitative estimate of drug-likeness (QED) is 0.582. The summed E-state index contributed by atoms with van der Waals surface area (Å²) in [4.78, 5) is 11.8. The fourth-order valence-corrected chi connectivity index (χ4v) is 3.09. The zero-order valence-corrected chi connectivity index (χ0v) is 16.8. The largest absolute Gasteiger partial charge is 0.507 e. The van der Waals surface area contributed by atoms with Crippen LogP contribution in [-0.4, -0.2) is 22.6 Å². The Kier molecular flexibility index (Phi) is 7.28. The highest BCUT2D eigenvalue weighted by molar-refractivity contribution is 6.05. The van der Waals surface area contributed by atoms with E-state index in [0.29, 0.717) is 12.0 Å². The van der Waals surface area contributed by atoms with Crippen LogP contribution in [0.4, 0.5) is 0 Å². The lowest BCUT2D eigenvalue weighted by Crippen LogP contribution is -2.00. The third-order valence-electron chi connectivity index (χ3n) is 4.76. The Labute approximate surface area is 161 Å². The smallest absolute Gasteiger partial charge is 0.207 e. The summed E-state index contributed by atoms with van der Waals surface area (Å²) >= 11 is 0. The minimum absolute atomic E-state index is 0.0417. The number of fused-ring (bicyclic) bond motifs is 1. The molecule has 0 aromatic heterocycles. The van der Waals surface area contributed by atoms with E-state index >= 15 is 0 Å². The molecule has 0 fully saturated rings. The number of hydrogen-bond acceptors (Lipinski definition) is 4. The van der Waals surface area contributed by atoms with Crippen LogP contribution in [-0.2, 0) is 6.42 Å². The molecule has 27 heavy (non-hydrogen) atoms. The second kappa shape index (κ2) is 9.45. The molecule has 0 radical (unpaired) electrons. The molecule has 0 saturated heterocycles. The first-order chi connectivity index (χ1) is 12.8. The minimum atomic E-state index is -0.252. The molecule has 4 nitrogen and oxygen atoms in total. The van der Waals surface area contributed by atoms with Crippen molar-refractivity contribution in [2.75, 3.05) is 6.61 Å². The van der Waals surface area contributed by atoms with E-state index in [1.807, 2.05) is 13.0 Å². The Morgan fingerprint density at radius 3 is 2.33 bits per heavy atom. The molecule has 0 bridgehead atoms. The number of phenols is 2. The monoisotopic (exact) mass is 370 g/mol. The summed E-state index contributed by atoms with van der Waals surface area (Å²) in [6.45, 7) is 8.36. The van der Waals surface area contributed by atoms with Gasteiger partial charge in [-0.25, -0.2) is 0 Å². The molecular formula is C23H30O4. The lowest BCUT2D eigenvalue weighted by Gasteiger charge is -2.09. The van der Waals surface area contributed by atoms with Gasteiger partial charge in [-0.15, -0.1) is 0 Å². The number of phenolic OH excluding ortho intramolecular Hbond substituents is 2. The van der Waals surface area contributed by atoms with E-state index < -0.39 is 0 Å². The lowest BCUT2D eigenvalue weighted by molar-refractivity contribution is 0.0959. The van der Waals surface area contributed by atoms with Crippen molar-refractivity contribution in [2.45, 2.75) is 59.8 Å². The van der Waals surface area contributed by atoms with Gasteiger partial charge < -0.3 is 14.9 Å². The minimum Gasteiger partial charge on any atom is -0.507 e. The number of ether oxygens (including phenoxy) is 1. The summed E-state index contributed by atoms with van der Waals surface area (Å²) in [7, 11) is 0. The number of benzene rings is 1. The lowest BCUT2D eigenvalue weighted by atomic mass is 10.00. The molecule has 4 heteroatoms. The van der Waals surface area contributed by atoms with Crippen LogP contribution in [0.5, 0.6) is 17.2 Å². The van der Waals surface area contributed by atoms with E-state index in [2.05, 4.69) is 32.9 Å². The number of carbonyl (C=O) groups is 1. The van der Waals surface area contributed by atoms with Gasteiger partial charge in [0.2, 0.25) is 5.78 Å². The maximum absolute atomic E-state index is 11.8. The van der Waals surface area contributed by atoms with Gasteiger partial charge in [-0.05, 0) is 59.8 Å². The van der Waals surface area contributed by atoms with Crippen molar-refractivity contribution >= 4 is 5.78 Å². The summed E-state index contributed by atoms with van der Waals surface area (Å²) in [5.74, 6) is -0.196. The molecule has 2 rings (SSSR count). The number of Topliss-reactive ketones (excluding diaryl/α,β-unsaturated/α-hetero) is 1. The summed E-state index contributed by atoms with van der Waals surface area (Å²) in [5, 5.41) is 20.5. The third kappa shape index (κ3) is 5.75.